The molecule has 0 heterocycles. The van der Waals surface area contributed by atoms with Gasteiger partial charge < -0.3 is 0 Å². The van der Waals surface area contributed by atoms with E-state index in [-0.39, 0.29) is 5.82 Å². The molecule has 2 rings (SSSR count). The van der Waals surface area contributed by atoms with Gasteiger partial charge in [0.2, 0.25) is 0 Å². The summed E-state index contributed by atoms with van der Waals surface area (Å²) in [6, 6.07) is 4.57. The summed E-state index contributed by atoms with van der Waals surface area (Å²) in [5.74, 6) is -0.228. The Hall–Kier alpha value is -1.55. The second-order valence-corrected chi connectivity index (χ2v) is 2.31. The molecule has 1 aromatic carbocycles. The van der Waals surface area contributed by atoms with Gasteiger partial charge in [-0.25, -0.2) is 4.39 Å². The first kappa shape index (κ1) is 6.18. The highest BCUT2D eigenvalue weighted by Gasteiger charge is 1.89. The van der Waals surface area contributed by atoms with Crippen molar-refractivity contribution in [2.24, 2.45) is 0 Å². The quantitative estimate of drug-likeness (QED) is 0.503. The Morgan fingerprint density at radius 1 is 1.00 bits per heavy atom. The molecule has 0 radical (unpaired) electrons. The molecule has 0 nitrogen and oxygen atoms in total. The summed E-state index contributed by atoms with van der Waals surface area (Å²) in [6.07, 6.45) is 3.49. The third-order valence-electron chi connectivity index (χ3n) is 1.54. The molecule has 0 N–H and O–H groups in total. The van der Waals surface area contributed by atoms with E-state index in [2.05, 4.69) is 11.5 Å². The Labute approximate surface area is 63.3 Å². The number of halogens is 1. The molecule has 0 aromatic heterocycles. The number of fused-ring (bicyclic) bond motifs is 1. The van der Waals surface area contributed by atoms with E-state index in [9.17, 15) is 4.39 Å². The van der Waals surface area contributed by atoms with Crippen LogP contribution in [-0.4, -0.2) is 0 Å². The lowest BCUT2D eigenvalue weighted by Gasteiger charge is -1.87. The summed E-state index contributed by atoms with van der Waals surface area (Å²) in [5.41, 5.74) is 5.90. The molecule has 0 saturated carbocycles. The van der Waals surface area contributed by atoms with Crippen LogP contribution >= 0.6 is 0 Å². The molecule has 0 unspecified atom stereocenters. The zero-order chi connectivity index (χ0) is 7.68. The standard InChI is InChI=1S/C10H5F/c11-10-6-5-8-3-1-2-4-9(8)7-10/h1-2,5-7H. The lowest BCUT2D eigenvalue weighted by molar-refractivity contribution is 0.626. The maximum absolute atomic E-state index is 12.6. The van der Waals surface area contributed by atoms with Crippen molar-refractivity contribution in [1.82, 2.24) is 0 Å². The van der Waals surface area contributed by atoms with Crippen LogP contribution in [0.5, 0.6) is 0 Å². The Kier molecular flexibility index (Phi) is 1.26. The molecular formula is C10H5F. The monoisotopic (exact) mass is 144 g/mol. The van der Waals surface area contributed by atoms with Crippen LogP contribution < -0.4 is 10.4 Å². The second-order valence-electron chi connectivity index (χ2n) is 2.31. The van der Waals surface area contributed by atoms with E-state index < -0.39 is 0 Å². The lowest BCUT2D eigenvalue weighted by atomic mass is 10.2. The summed E-state index contributed by atoms with van der Waals surface area (Å²) < 4.78 is 12.6. The maximum atomic E-state index is 12.6. The first-order chi connectivity index (χ1) is 5.36. The molecule has 0 atom stereocenters. The fraction of sp³-hybridized carbons (Fsp3) is 0. The normalized spacial score (nSPS) is 11.7. The van der Waals surface area contributed by atoms with Gasteiger partial charge in [0.15, 0.2) is 0 Å². The molecule has 1 aliphatic rings. The highest BCUT2D eigenvalue weighted by molar-refractivity contribution is 5.39. The van der Waals surface area contributed by atoms with Crippen molar-refractivity contribution in [2.45, 2.75) is 0 Å². The molecular weight excluding hydrogens is 139 g/mol. The van der Waals surface area contributed by atoms with Crippen LogP contribution in [-0.2, 0) is 0 Å². The van der Waals surface area contributed by atoms with Gasteiger partial charge in [-0.15, -0.1) is 11.5 Å². The lowest BCUT2D eigenvalue weighted by Crippen LogP contribution is -2.23. The van der Waals surface area contributed by atoms with Gasteiger partial charge in [0, 0.05) is 10.4 Å². The van der Waals surface area contributed by atoms with Gasteiger partial charge in [0.25, 0.3) is 0 Å². The number of allylic oxidation sites excluding steroid dienone is 2. The molecule has 0 amide bonds. The van der Waals surface area contributed by atoms with E-state index in [0.717, 1.165) is 10.4 Å². The average Bonchev–Trinajstić information content (AvgIpc) is 2.04. The predicted octanol–water partition coefficient (Wildman–Crippen LogP) is 0.711. The smallest absolute Gasteiger partial charge is 0.124 e. The van der Waals surface area contributed by atoms with Crippen molar-refractivity contribution in [3.05, 3.63) is 46.6 Å². The van der Waals surface area contributed by atoms with E-state index in [1.165, 1.54) is 12.1 Å². The first-order valence-corrected chi connectivity index (χ1v) is 3.34. The zero-order valence-corrected chi connectivity index (χ0v) is 5.76. The molecule has 0 aliphatic heterocycles. The summed E-state index contributed by atoms with van der Waals surface area (Å²) >= 11 is 0. The van der Waals surface area contributed by atoms with Crippen molar-refractivity contribution in [1.29, 1.82) is 0 Å². The van der Waals surface area contributed by atoms with Gasteiger partial charge in [0.1, 0.15) is 5.82 Å². The Morgan fingerprint density at radius 2 is 1.73 bits per heavy atom. The van der Waals surface area contributed by atoms with Gasteiger partial charge in [-0.2, -0.15) is 0 Å². The summed E-state index contributed by atoms with van der Waals surface area (Å²) in [7, 11) is 0. The largest absolute Gasteiger partial charge is 0.207 e. The zero-order valence-electron chi connectivity index (χ0n) is 5.76. The molecule has 11 heavy (non-hydrogen) atoms. The Bertz CT molecular complexity index is 470. The van der Waals surface area contributed by atoms with Crippen LogP contribution in [0.2, 0.25) is 0 Å². The topological polar surface area (TPSA) is 0 Å². The van der Waals surface area contributed by atoms with Crippen molar-refractivity contribution in [3.8, 4) is 0 Å². The fourth-order valence-electron chi connectivity index (χ4n) is 1.02. The van der Waals surface area contributed by atoms with Crippen LogP contribution in [0.15, 0.2) is 30.4 Å². The highest BCUT2D eigenvalue weighted by Crippen LogP contribution is 1.86. The van der Waals surface area contributed by atoms with Crippen LogP contribution in [0.1, 0.15) is 0 Å². The van der Waals surface area contributed by atoms with Gasteiger partial charge in [0.05, 0.1) is 0 Å². The Morgan fingerprint density at radius 3 is 2.55 bits per heavy atom. The predicted molar refractivity (Wildman–Crippen MR) is 41.6 cm³/mol. The van der Waals surface area contributed by atoms with E-state index >= 15 is 0 Å². The van der Waals surface area contributed by atoms with Crippen LogP contribution in [0.25, 0.3) is 11.5 Å². The molecule has 0 fully saturated rings. The molecule has 0 spiro atoms. The van der Waals surface area contributed by atoms with E-state index in [1.54, 1.807) is 18.2 Å². The SMILES string of the molecule is Fc1ccc2c(c1)=C=CC=C=2. The van der Waals surface area contributed by atoms with Crippen molar-refractivity contribution in [3.63, 3.8) is 0 Å². The minimum Gasteiger partial charge on any atom is -0.207 e. The maximum Gasteiger partial charge on any atom is 0.124 e. The summed E-state index contributed by atoms with van der Waals surface area (Å²) in [4.78, 5) is 0. The number of hydrogen-bond acceptors (Lipinski definition) is 0. The van der Waals surface area contributed by atoms with E-state index in [4.69, 9.17) is 0 Å². The molecule has 52 valence electrons. The van der Waals surface area contributed by atoms with Crippen molar-refractivity contribution >= 4 is 11.5 Å². The van der Waals surface area contributed by atoms with Crippen molar-refractivity contribution in [2.75, 3.05) is 0 Å². The van der Waals surface area contributed by atoms with E-state index in [1.807, 2.05) is 0 Å². The highest BCUT2D eigenvalue weighted by atomic mass is 19.1. The number of rotatable bonds is 0. The third-order valence-corrected chi connectivity index (χ3v) is 1.54. The molecule has 1 aliphatic carbocycles. The van der Waals surface area contributed by atoms with Crippen molar-refractivity contribution < 1.29 is 4.39 Å². The van der Waals surface area contributed by atoms with E-state index in [0.29, 0.717) is 0 Å². The number of hydrogen-bond donors (Lipinski definition) is 0. The van der Waals surface area contributed by atoms with Gasteiger partial charge >= 0.3 is 0 Å². The first-order valence-electron chi connectivity index (χ1n) is 3.34. The van der Waals surface area contributed by atoms with Gasteiger partial charge in [-0.1, -0.05) is 0 Å². The molecule has 0 bridgehead atoms. The number of benzene rings is 1. The van der Waals surface area contributed by atoms with Crippen LogP contribution in [0, 0.1) is 5.82 Å². The molecule has 1 aromatic rings. The minimum absolute atomic E-state index is 0.228. The van der Waals surface area contributed by atoms with Gasteiger partial charge in [-0.3, -0.25) is 0 Å². The molecule has 1 heteroatoms. The average molecular weight is 144 g/mol. The summed E-state index contributed by atoms with van der Waals surface area (Å²) in [5, 5.41) is 1.67. The fourth-order valence-corrected chi connectivity index (χ4v) is 1.02. The van der Waals surface area contributed by atoms with Crippen LogP contribution in [0.3, 0.4) is 0 Å². The van der Waals surface area contributed by atoms with Gasteiger partial charge in [-0.05, 0) is 30.4 Å². The van der Waals surface area contributed by atoms with Crippen LogP contribution in [0.4, 0.5) is 4.39 Å². The molecule has 0 saturated heterocycles. The second kappa shape index (κ2) is 2.25. The third kappa shape index (κ3) is 1.03. The summed E-state index contributed by atoms with van der Waals surface area (Å²) in [6.45, 7) is 0. The Balaban J connectivity index is 3.05. The minimum atomic E-state index is -0.228.